The van der Waals surface area contributed by atoms with E-state index in [1.165, 1.54) is 0 Å². The molecule has 0 saturated carbocycles. The summed E-state index contributed by atoms with van der Waals surface area (Å²) in [7, 11) is 0. The molecule has 0 fully saturated rings. The summed E-state index contributed by atoms with van der Waals surface area (Å²) in [4.78, 5) is 11.5. The Morgan fingerprint density at radius 2 is 1.89 bits per heavy atom. The molecule has 1 aromatic carbocycles. The maximum absolute atomic E-state index is 11.5. The molecule has 0 N–H and O–H groups in total. The lowest BCUT2D eigenvalue weighted by molar-refractivity contribution is -0.118. The SMILES string of the molecule is CCCCOc1ccc(CC(=O)CC)cc1OCC. The van der Waals surface area contributed by atoms with Crippen LogP contribution in [0.15, 0.2) is 18.2 Å². The van der Waals surface area contributed by atoms with Gasteiger partial charge < -0.3 is 9.47 Å². The zero-order valence-corrected chi connectivity index (χ0v) is 12.2. The molecule has 0 aromatic heterocycles. The van der Waals surface area contributed by atoms with E-state index in [9.17, 15) is 4.79 Å². The predicted molar refractivity (Wildman–Crippen MR) is 77.0 cm³/mol. The van der Waals surface area contributed by atoms with E-state index in [1.54, 1.807) is 0 Å². The van der Waals surface area contributed by atoms with Crippen LogP contribution in [0, 0.1) is 0 Å². The first-order valence-corrected chi connectivity index (χ1v) is 7.11. The monoisotopic (exact) mass is 264 g/mol. The topological polar surface area (TPSA) is 35.5 Å². The van der Waals surface area contributed by atoms with Crippen molar-refractivity contribution in [3.05, 3.63) is 23.8 Å². The fraction of sp³-hybridized carbons (Fsp3) is 0.562. The van der Waals surface area contributed by atoms with Crippen molar-refractivity contribution in [1.29, 1.82) is 0 Å². The smallest absolute Gasteiger partial charge is 0.161 e. The van der Waals surface area contributed by atoms with Crippen molar-refractivity contribution >= 4 is 5.78 Å². The van der Waals surface area contributed by atoms with E-state index in [1.807, 2.05) is 32.0 Å². The minimum absolute atomic E-state index is 0.238. The standard InChI is InChI=1S/C16H24O3/c1-4-7-10-19-15-9-8-13(11-14(17)5-2)12-16(15)18-6-3/h8-9,12H,4-7,10-11H2,1-3H3. The number of rotatable bonds is 9. The normalized spacial score (nSPS) is 10.3. The zero-order valence-electron chi connectivity index (χ0n) is 12.2. The largest absolute Gasteiger partial charge is 0.490 e. The van der Waals surface area contributed by atoms with Crippen LogP contribution in [0.4, 0.5) is 0 Å². The van der Waals surface area contributed by atoms with Crippen molar-refractivity contribution in [3.8, 4) is 11.5 Å². The number of ketones is 1. The second-order valence-corrected chi connectivity index (χ2v) is 4.49. The van der Waals surface area contributed by atoms with Gasteiger partial charge in [0.1, 0.15) is 5.78 Å². The fourth-order valence-electron chi connectivity index (χ4n) is 1.73. The molecule has 0 radical (unpaired) electrons. The first-order chi connectivity index (χ1) is 9.21. The van der Waals surface area contributed by atoms with Crippen LogP contribution in [0.25, 0.3) is 0 Å². The molecular weight excluding hydrogens is 240 g/mol. The van der Waals surface area contributed by atoms with Gasteiger partial charge in [-0.25, -0.2) is 0 Å². The molecule has 106 valence electrons. The Morgan fingerprint density at radius 1 is 1.11 bits per heavy atom. The lowest BCUT2D eigenvalue weighted by Gasteiger charge is -2.13. The van der Waals surface area contributed by atoms with Crippen LogP contribution in [0.3, 0.4) is 0 Å². The number of carbonyl (C=O) groups is 1. The number of unbranched alkanes of at least 4 members (excludes halogenated alkanes) is 1. The Labute approximate surface area is 115 Å². The van der Waals surface area contributed by atoms with Crippen LogP contribution in [0.5, 0.6) is 11.5 Å². The van der Waals surface area contributed by atoms with Crippen molar-refractivity contribution in [2.24, 2.45) is 0 Å². The summed E-state index contributed by atoms with van der Waals surface area (Å²) >= 11 is 0. The summed E-state index contributed by atoms with van der Waals surface area (Å²) in [6, 6.07) is 5.76. The van der Waals surface area contributed by atoms with Gasteiger partial charge in [-0.15, -0.1) is 0 Å². The minimum atomic E-state index is 0.238. The van der Waals surface area contributed by atoms with Crippen molar-refractivity contribution in [2.75, 3.05) is 13.2 Å². The molecule has 0 amide bonds. The maximum atomic E-state index is 11.5. The van der Waals surface area contributed by atoms with Crippen molar-refractivity contribution in [3.63, 3.8) is 0 Å². The average Bonchev–Trinajstić information content (AvgIpc) is 2.41. The number of carbonyl (C=O) groups excluding carboxylic acids is 1. The third-order valence-electron chi connectivity index (χ3n) is 2.86. The minimum Gasteiger partial charge on any atom is -0.490 e. The fourth-order valence-corrected chi connectivity index (χ4v) is 1.73. The van der Waals surface area contributed by atoms with Gasteiger partial charge in [-0.1, -0.05) is 26.3 Å². The summed E-state index contributed by atoms with van der Waals surface area (Å²) < 4.78 is 11.3. The number of ether oxygens (including phenoxy) is 2. The third-order valence-corrected chi connectivity index (χ3v) is 2.86. The second kappa shape index (κ2) is 8.57. The van der Waals surface area contributed by atoms with E-state index in [4.69, 9.17) is 9.47 Å². The van der Waals surface area contributed by atoms with Gasteiger partial charge in [-0.3, -0.25) is 4.79 Å². The number of Topliss-reactive ketones (excluding diaryl/α,β-unsaturated/α-hetero) is 1. The summed E-state index contributed by atoms with van der Waals surface area (Å²) in [5, 5.41) is 0. The van der Waals surface area contributed by atoms with E-state index in [0.29, 0.717) is 26.1 Å². The predicted octanol–water partition coefficient (Wildman–Crippen LogP) is 3.79. The lowest BCUT2D eigenvalue weighted by Crippen LogP contribution is -2.04. The van der Waals surface area contributed by atoms with Gasteiger partial charge in [0.25, 0.3) is 0 Å². The molecule has 0 heterocycles. The molecule has 0 aliphatic heterocycles. The second-order valence-electron chi connectivity index (χ2n) is 4.49. The Balaban J connectivity index is 2.78. The zero-order chi connectivity index (χ0) is 14.1. The van der Waals surface area contributed by atoms with Gasteiger partial charge in [-0.05, 0) is 31.0 Å². The summed E-state index contributed by atoms with van der Waals surface area (Å²) in [6.45, 7) is 7.25. The van der Waals surface area contributed by atoms with Crippen LogP contribution in [0.2, 0.25) is 0 Å². The Kier molecular flexibility index (Phi) is 7.01. The summed E-state index contributed by atoms with van der Waals surface area (Å²) in [5.41, 5.74) is 0.984. The van der Waals surface area contributed by atoms with Crippen LogP contribution in [-0.4, -0.2) is 19.0 Å². The molecule has 0 aliphatic rings. The number of benzene rings is 1. The highest BCUT2D eigenvalue weighted by Gasteiger charge is 2.08. The molecule has 0 bridgehead atoms. The highest BCUT2D eigenvalue weighted by Crippen LogP contribution is 2.29. The van der Waals surface area contributed by atoms with Crippen molar-refractivity contribution < 1.29 is 14.3 Å². The van der Waals surface area contributed by atoms with Crippen LogP contribution < -0.4 is 9.47 Å². The first kappa shape index (κ1) is 15.5. The molecule has 1 aromatic rings. The van der Waals surface area contributed by atoms with E-state index in [0.717, 1.165) is 29.9 Å². The molecule has 3 heteroatoms. The number of hydrogen-bond donors (Lipinski definition) is 0. The Hall–Kier alpha value is -1.51. The molecule has 0 spiro atoms. The van der Waals surface area contributed by atoms with Gasteiger partial charge in [0.05, 0.1) is 13.2 Å². The lowest BCUT2D eigenvalue weighted by atomic mass is 10.1. The maximum Gasteiger partial charge on any atom is 0.161 e. The van der Waals surface area contributed by atoms with Crippen molar-refractivity contribution in [1.82, 2.24) is 0 Å². The van der Waals surface area contributed by atoms with E-state index >= 15 is 0 Å². The molecule has 19 heavy (non-hydrogen) atoms. The third kappa shape index (κ3) is 5.33. The van der Waals surface area contributed by atoms with E-state index < -0.39 is 0 Å². The Morgan fingerprint density at radius 3 is 2.53 bits per heavy atom. The first-order valence-electron chi connectivity index (χ1n) is 7.11. The average molecular weight is 264 g/mol. The molecular formula is C16H24O3. The van der Waals surface area contributed by atoms with Crippen LogP contribution in [0.1, 0.15) is 45.6 Å². The molecule has 0 aliphatic carbocycles. The molecule has 0 atom stereocenters. The van der Waals surface area contributed by atoms with E-state index in [2.05, 4.69) is 6.92 Å². The molecule has 3 nitrogen and oxygen atoms in total. The summed E-state index contributed by atoms with van der Waals surface area (Å²) in [6.07, 6.45) is 3.17. The van der Waals surface area contributed by atoms with Gasteiger partial charge in [-0.2, -0.15) is 0 Å². The molecule has 0 saturated heterocycles. The van der Waals surface area contributed by atoms with Crippen LogP contribution >= 0.6 is 0 Å². The van der Waals surface area contributed by atoms with Crippen LogP contribution in [-0.2, 0) is 11.2 Å². The Bertz CT molecular complexity index is 399. The van der Waals surface area contributed by atoms with Gasteiger partial charge in [0.15, 0.2) is 11.5 Å². The highest BCUT2D eigenvalue weighted by atomic mass is 16.5. The quantitative estimate of drug-likeness (QED) is 0.637. The molecule has 1 rings (SSSR count). The number of hydrogen-bond acceptors (Lipinski definition) is 3. The highest BCUT2D eigenvalue weighted by molar-refractivity contribution is 5.80. The molecule has 0 unspecified atom stereocenters. The van der Waals surface area contributed by atoms with Gasteiger partial charge >= 0.3 is 0 Å². The van der Waals surface area contributed by atoms with Gasteiger partial charge in [0, 0.05) is 12.8 Å². The van der Waals surface area contributed by atoms with Gasteiger partial charge in [0.2, 0.25) is 0 Å². The van der Waals surface area contributed by atoms with E-state index in [-0.39, 0.29) is 5.78 Å². The van der Waals surface area contributed by atoms with Crippen molar-refractivity contribution in [2.45, 2.75) is 46.5 Å². The summed E-state index contributed by atoms with van der Waals surface area (Å²) in [5.74, 6) is 1.74.